The van der Waals surface area contributed by atoms with Gasteiger partial charge in [-0.1, -0.05) is 24.3 Å². The molecule has 0 saturated carbocycles. The largest absolute Gasteiger partial charge is 0.435 e. The Kier molecular flexibility index (Phi) is 5.30. The lowest BCUT2D eigenvalue weighted by molar-refractivity contribution is -0.0498. The summed E-state index contributed by atoms with van der Waals surface area (Å²) in [6.45, 7) is -0.294. The third-order valence-electron chi connectivity index (χ3n) is 4.61. The summed E-state index contributed by atoms with van der Waals surface area (Å²) in [6, 6.07) is 15.4. The molecule has 1 saturated heterocycles. The van der Waals surface area contributed by atoms with Gasteiger partial charge in [0.25, 0.3) is 0 Å². The molecule has 0 amide bonds. The summed E-state index contributed by atoms with van der Waals surface area (Å²) in [4.78, 5) is 2.29. The first-order valence-corrected chi connectivity index (χ1v) is 8.24. The maximum Gasteiger partial charge on any atom is 0.387 e. The highest BCUT2D eigenvalue weighted by molar-refractivity contribution is 5.49. The summed E-state index contributed by atoms with van der Waals surface area (Å²) in [5.74, 6) is 0.762. The normalized spacial score (nSPS) is 15.8. The number of hydrogen-bond donors (Lipinski definition) is 1. The van der Waals surface area contributed by atoms with Crippen molar-refractivity contribution in [2.75, 3.05) is 18.0 Å². The zero-order chi connectivity index (χ0) is 16.9. The molecule has 1 aliphatic rings. The second-order valence-electron chi connectivity index (χ2n) is 6.08. The van der Waals surface area contributed by atoms with Crippen LogP contribution in [0.5, 0.6) is 5.75 Å². The van der Waals surface area contributed by atoms with Crippen molar-refractivity contribution in [3.8, 4) is 5.75 Å². The molecule has 24 heavy (non-hydrogen) atoms. The summed E-state index contributed by atoms with van der Waals surface area (Å²) in [5, 5.41) is 0. The maximum atomic E-state index is 12.2. The summed E-state index contributed by atoms with van der Waals surface area (Å²) < 4.78 is 28.8. The van der Waals surface area contributed by atoms with Crippen LogP contribution in [-0.4, -0.2) is 19.7 Å². The predicted molar refractivity (Wildman–Crippen MR) is 91.6 cm³/mol. The van der Waals surface area contributed by atoms with Crippen molar-refractivity contribution in [3.05, 3.63) is 59.7 Å². The van der Waals surface area contributed by atoms with Gasteiger partial charge in [0.05, 0.1) is 0 Å². The van der Waals surface area contributed by atoms with Crippen molar-refractivity contribution in [3.63, 3.8) is 0 Å². The van der Waals surface area contributed by atoms with Crippen molar-refractivity contribution in [1.29, 1.82) is 0 Å². The predicted octanol–water partition coefficient (Wildman–Crippen LogP) is 4.13. The molecular formula is C19H22F2N2O. The molecule has 0 aliphatic carbocycles. The summed E-state index contributed by atoms with van der Waals surface area (Å²) in [5.41, 5.74) is 9.21. The van der Waals surface area contributed by atoms with Gasteiger partial charge in [-0.05, 0) is 54.2 Å². The minimum Gasteiger partial charge on any atom is -0.435 e. The van der Waals surface area contributed by atoms with Crippen LogP contribution in [0, 0.1) is 0 Å². The molecule has 2 aromatic rings. The molecule has 0 bridgehead atoms. The second-order valence-corrected chi connectivity index (χ2v) is 6.08. The first kappa shape index (κ1) is 16.7. The van der Waals surface area contributed by atoms with Gasteiger partial charge >= 0.3 is 6.61 Å². The van der Waals surface area contributed by atoms with Crippen molar-refractivity contribution in [2.24, 2.45) is 5.73 Å². The zero-order valence-corrected chi connectivity index (χ0v) is 13.5. The molecule has 5 heteroatoms. The van der Waals surface area contributed by atoms with Crippen molar-refractivity contribution in [2.45, 2.75) is 31.9 Å². The lowest BCUT2D eigenvalue weighted by atomic mass is 9.89. The van der Waals surface area contributed by atoms with Crippen LogP contribution in [0.2, 0.25) is 0 Å². The van der Waals surface area contributed by atoms with Crippen LogP contribution in [-0.2, 0) is 6.54 Å². The summed E-state index contributed by atoms with van der Waals surface area (Å²) >= 11 is 0. The Morgan fingerprint density at radius 2 is 1.62 bits per heavy atom. The third kappa shape index (κ3) is 4.03. The van der Waals surface area contributed by atoms with E-state index in [0.717, 1.165) is 37.2 Å². The standard InChI is InChI=1S/C19H22F2N2O/c20-19(21)24-18-7-5-17(6-8-18)23-11-9-16(10-12-23)15-3-1-14(13-22)2-4-15/h1-8,16,19H,9-13,22H2. The van der Waals surface area contributed by atoms with E-state index in [4.69, 9.17) is 5.73 Å². The number of benzene rings is 2. The number of alkyl halides is 2. The van der Waals surface area contributed by atoms with Crippen LogP contribution in [0.4, 0.5) is 14.5 Å². The number of ether oxygens (including phenoxy) is 1. The molecular weight excluding hydrogens is 310 g/mol. The highest BCUT2D eigenvalue weighted by Gasteiger charge is 2.20. The number of halogens is 2. The Hall–Kier alpha value is -2.14. The molecule has 1 fully saturated rings. The number of rotatable bonds is 5. The van der Waals surface area contributed by atoms with Crippen molar-refractivity contribution < 1.29 is 13.5 Å². The van der Waals surface area contributed by atoms with E-state index >= 15 is 0 Å². The molecule has 2 aromatic carbocycles. The Labute approximate surface area is 141 Å². The van der Waals surface area contributed by atoms with Gasteiger partial charge in [-0.3, -0.25) is 0 Å². The van der Waals surface area contributed by atoms with E-state index in [0.29, 0.717) is 12.5 Å². The molecule has 0 unspecified atom stereocenters. The van der Waals surface area contributed by atoms with Crippen LogP contribution in [0.25, 0.3) is 0 Å². The molecule has 1 aliphatic heterocycles. The lowest BCUT2D eigenvalue weighted by Crippen LogP contribution is -2.32. The zero-order valence-electron chi connectivity index (χ0n) is 13.5. The van der Waals surface area contributed by atoms with E-state index in [1.54, 1.807) is 12.1 Å². The van der Waals surface area contributed by atoms with Crippen LogP contribution in [0.15, 0.2) is 48.5 Å². The van der Waals surface area contributed by atoms with Crippen LogP contribution >= 0.6 is 0 Å². The summed E-state index contributed by atoms with van der Waals surface area (Å²) in [6.07, 6.45) is 2.16. The first-order chi connectivity index (χ1) is 11.7. The molecule has 0 atom stereocenters. The Morgan fingerprint density at radius 1 is 1.00 bits per heavy atom. The van der Waals surface area contributed by atoms with Gasteiger partial charge in [-0.15, -0.1) is 0 Å². The molecule has 0 aromatic heterocycles. The molecule has 3 nitrogen and oxygen atoms in total. The minimum atomic E-state index is -2.78. The Bertz CT molecular complexity index is 635. The van der Waals surface area contributed by atoms with E-state index < -0.39 is 6.61 Å². The fourth-order valence-electron chi connectivity index (χ4n) is 3.24. The van der Waals surface area contributed by atoms with Crippen LogP contribution in [0.3, 0.4) is 0 Å². The number of piperidine rings is 1. The highest BCUT2D eigenvalue weighted by atomic mass is 19.3. The van der Waals surface area contributed by atoms with E-state index in [1.807, 2.05) is 12.1 Å². The average Bonchev–Trinajstić information content (AvgIpc) is 2.62. The highest BCUT2D eigenvalue weighted by Crippen LogP contribution is 2.31. The Morgan fingerprint density at radius 3 is 2.17 bits per heavy atom. The first-order valence-electron chi connectivity index (χ1n) is 8.24. The molecule has 0 radical (unpaired) electrons. The fourth-order valence-corrected chi connectivity index (χ4v) is 3.24. The van der Waals surface area contributed by atoms with Gasteiger partial charge in [-0.2, -0.15) is 8.78 Å². The van der Waals surface area contributed by atoms with Crippen LogP contribution in [0.1, 0.15) is 29.9 Å². The van der Waals surface area contributed by atoms with E-state index in [2.05, 4.69) is 33.9 Å². The molecule has 3 rings (SSSR count). The molecule has 0 spiro atoms. The number of anilines is 1. The SMILES string of the molecule is NCc1ccc(C2CCN(c3ccc(OC(F)F)cc3)CC2)cc1. The van der Waals surface area contributed by atoms with E-state index in [1.165, 1.54) is 5.56 Å². The summed E-state index contributed by atoms with van der Waals surface area (Å²) in [7, 11) is 0. The molecule has 2 N–H and O–H groups in total. The topological polar surface area (TPSA) is 38.5 Å². The fraction of sp³-hybridized carbons (Fsp3) is 0.368. The van der Waals surface area contributed by atoms with Gasteiger partial charge in [0.15, 0.2) is 0 Å². The minimum absolute atomic E-state index is 0.198. The van der Waals surface area contributed by atoms with Gasteiger partial charge in [-0.25, -0.2) is 0 Å². The number of nitrogens with two attached hydrogens (primary N) is 1. The maximum absolute atomic E-state index is 12.2. The van der Waals surface area contributed by atoms with Gasteiger partial charge < -0.3 is 15.4 Å². The van der Waals surface area contributed by atoms with Crippen LogP contribution < -0.4 is 15.4 Å². The number of hydrogen-bond acceptors (Lipinski definition) is 3. The number of nitrogens with zero attached hydrogens (tertiary/aromatic N) is 1. The molecule has 128 valence electrons. The lowest BCUT2D eigenvalue weighted by Gasteiger charge is -2.34. The second kappa shape index (κ2) is 7.62. The van der Waals surface area contributed by atoms with Gasteiger partial charge in [0.1, 0.15) is 5.75 Å². The average molecular weight is 332 g/mol. The quantitative estimate of drug-likeness (QED) is 0.895. The van der Waals surface area contributed by atoms with Crippen molar-refractivity contribution >= 4 is 5.69 Å². The van der Waals surface area contributed by atoms with Gasteiger partial charge in [0.2, 0.25) is 0 Å². The molecule has 1 heterocycles. The van der Waals surface area contributed by atoms with E-state index in [9.17, 15) is 8.78 Å². The smallest absolute Gasteiger partial charge is 0.387 e. The Balaban J connectivity index is 1.58. The monoisotopic (exact) mass is 332 g/mol. The third-order valence-corrected chi connectivity index (χ3v) is 4.61. The van der Waals surface area contributed by atoms with Gasteiger partial charge in [0, 0.05) is 25.3 Å². The van der Waals surface area contributed by atoms with Crippen molar-refractivity contribution in [1.82, 2.24) is 0 Å². The van der Waals surface area contributed by atoms with E-state index in [-0.39, 0.29) is 5.75 Å².